The highest BCUT2D eigenvalue weighted by Gasteiger charge is 2.62. The SMILES string of the molecule is COc1ccccc1C1C(C(=O)O)[C@H](c2ccccc2OC)C1C(=O)Oc1cccc2cc(-c3ccc(OC)c([C@H]4C(C(=O)O)[C@H](c5ccccc5OC)[C@H]4C(=O)OCC4c5ccccc5-c5ccccc54)c3)ccc12. The van der Waals surface area contributed by atoms with E-state index >= 15 is 0 Å². The molecule has 8 aromatic carbocycles. The summed E-state index contributed by atoms with van der Waals surface area (Å²) >= 11 is 0. The predicted octanol–water partition coefficient (Wildman–Crippen LogP) is 11.9. The normalized spacial score (nSPS) is 21.2. The van der Waals surface area contributed by atoms with Gasteiger partial charge in [0.1, 0.15) is 35.4 Å². The average Bonchev–Trinajstić information content (AvgIpc) is 3.89. The first-order chi connectivity index (χ1) is 37.1. The van der Waals surface area contributed by atoms with Crippen LogP contribution in [0.1, 0.15) is 63.0 Å². The first kappa shape index (κ1) is 49.3. The molecule has 12 heteroatoms. The zero-order valence-electron chi connectivity index (χ0n) is 42.1. The first-order valence-corrected chi connectivity index (χ1v) is 25.2. The Labute approximate surface area is 439 Å². The Morgan fingerprint density at radius 1 is 0.395 bits per heavy atom. The van der Waals surface area contributed by atoms with Gasteiger partial charge in [0, 0.05) is 35.0 Å². The molecule has 12 nitrogen and oxygen atoms in total. The molecular weight excluding hydrogens is 961 g/mol. The maximum atomic E-state index is 14.9. The van der Waals surface area contributed by atoms with E-state index in [1.807, 2.05) is 78.9 Å². The van der Waals surface area contributed by atoms with E-state index in [1.165, 1.54) is 28.4 Å². The lowest BCUT2D eigenvalue weighted by molar-refractivity contribution is -0.165. The second kappa shape index (κ2) is 20.4. The predicted molar refractivity (Wildman–Crippen MR) is 285 cm³/mol. The molecule has 3 aliphatic carbocycles. The number of carbonyl (C=O) groups excluding carboxylic acids is 2. The number of fused-ring (bicyclic) bond motifs is 4. The van der Waals surface area contributed by atoms with Gasteiger partial charge in [-0.25, -0.2) is 0 Å². The van der Waals surface area contributed by atoms with Crippen LogP contribution in [-0.2, 0) is 23.9 Å². The lowest BCUT2D eigenvalue weighted by Crippen LogP contribution is -2.52. The number of carbonyl (C=O) groups is 4. The fourth-order valence-corrected chi connectivity index (χ4v) is 12.6. The number of aliphatic carboxylic acids is 2. The standard InChI is InChI=1S/C64H54O12/c1-71-48-24-12-9-21-43(48)53-58(62(67)68)56(59(53)63(69)75-34-47-41-19-7-5-17-39(41)40-18-6-8-20-42(40)47)46-33-36(29-31-51(46)74-4)35-28-30-38-37(32-35)16-15-27-52(38)76-64(70)60-54(44-22-10-13-25-49(44)72-2)57(61(65)66)55(60)45-23-11-14-26-50(45)73-3/h5-33,47,53-60H,34H2,1-4H3,(H,65,66)(H,67,68)/t53-,54-,55?,56-,57?,58?,59+,60?/m0/s1. The topological polar surface area (TPSA) is 164 Å². The van der Waals surface area contributed by atoms with E-state index in [-0.39, 0.29) is 18.3 Å². The van der Waals surface area contributed by atoms with Crippen LogP contribution in [0.25, 0.3) is 33.0 Å². The molecular formula is C64H54O12. The molecule has 0 radical (unpaired) electrons. The fourth-order valence-electron chi connectivity index (χ4n) is 12.6. The molecule has 0 aromatic heterocycles. The molecule has 8 aromatic rings. The number of hydrogen-bond donors (Lipinski definition) is 2. The Hall–Kier alpha value is -8.90. The highest BCUT2D eigenvalue weighted by Crippen LogP contribution is 2.63. The third kappa shape index (κ3) is 8.34. The molecule has 0 heterocycles. The molecule has 76 heavy (non-hydrogen) atoms. The van der Waals surface area contributed by atoms with E-state index in [0.29, 0.717) is 50.6 Å². The maximum Gasteiger partial charge on any atom is 0.315 e. The summed E-state index contributed by atoms with van der Waals surface area (Å²) in [4.78, 5) is 56.5. The number of carboxylic acids is 2. The lowest BCUT2D eigenvalue weighted by Gasteiger charge is -2.49. The molecule has 3 aliphatic rings. The van der Waals surface area contributed by atoms with Crippen LogP contribution in [0.2, 0.25) is 0 Å². The summed E-state index contributed by atoms with van der Waals surface area (Å²) in [7, 11) is 6.07. The van der Waals surface area contributed by atoms with E-state index < -0.39 is 71.2 Å². The number of rotatable bonds is 16. The van der Waals surface area contributed by atoms with Crippen LogP contribution in [-0.4, -0.2) is 69.1 Å². The summed E-state index contributed by atoms with van der Waals surface area (Å²) in [5.74, 6) is -8.52. The van der Waals surface area contributed by atoms with Crippen LogP contribution in [0.15, 0.2) is 176 Å². The highest BCUT2D eigenvalue weighted by atomic mass is 16.5. The van der Waals surface area contributed by atoms with Crippen molar-refractivity contribution < 1.29 is 57.8 Å². The molecule has 0 saturated heterocycles. The molecule has 2 saturated carbocycles. The van der Waals surface area contributed by atoms with Crippen molar-refractivity contribution in [3.63, 3.8) is 0 Å². The summed E-state index contributed by atoms with van der Waals surface area (Å²) in [6, 6.07) is 54.3. The summed E-state index contributed by atoms with van der Waals surface area (Å²) in [6.07, 6.45) is 0. The minimum Gasteiger partial charge on any atom is -0.496 e. The van der Waals surface area contributed by atoms with Gasteiger partial charge >= 0.3 is 23.9 Å². The molecule has 0 spiro atoms. The number of benzene rings is 8. The van der Waals surface area contributed by atoms with Crippen LogP contribution < -0.4 is 23.7 Å². The molecule has 0 aliphatic heterocycles. The van der Waals surface area contributed by atoms with Gasteiger partial charge in [0.2, 0.25) is 0 Å². The van der Waals surface area contributed by atoms with E-state index in [1.54, 1.807) is 72.8 Å². The van der Waals surface area contributed by atoms with Crippen molar-refractivity contribution in [1.29, 1.82) is 0 Å². The molecule has 4 unspecified atom stereocenters. The lowest BCUT2D eigenvalue weighted by atomic mass is 9.52. The number of ether oxygens (including phenoxy) is 6. The Balaban J connectivity index is 0.931. The van der Waals surface area contributed by atoms with Gasteiger partial charge in [-0.15, -0.1) is 0 Å². The summed E-state index contributed by atoms with van der Waals surface area (Å²) in [5, 5.41) is 23.2. The number of esters is 2. The van der Waals surface area contributed by atoms with E-state index in [0.717, 1.165) is 38.8 Å². The van der Waals surface area contributed by atoms with Gasteiger partial charge in [-0.3, -0.25) is 19.2 Å². The molecule has 0 bridgehead atoms. The molecule has 0 amide bonds. The fraction of sp³-hybridized carbons (Fsp3) is 0.219. The van der Waals surface area contributed by atoms with Crippen LogP contribution in [0, 0.1) is 23.7 Å². The van der Waals surface area contributed by atoms with Crippen LogP contribution >= 0.6 is 0 Å². The number of para-hydroxylation sites is 3. The number of carboxylic acid groups (broad SMARTS) is 2. The molecule has 2 N–H and O–H groups in total. The quantitative estimate of drug-likeness (QED) is 0.0696. The smallest absolute Gasteiger partial charge is 0.315 e. The van der Waals surface area contributed by atoms with Crippen molar-refractivity contribution in [2.75, 3.05) is 35.0 Å². The van der Waals surface area contributed by atoms with Gasteiger partial charge < -0.3 is 38.6 Å². The summed E-state index contributed by atoms with van der Waals surface area (Å²) in [5.41, 5.74) is 8.09. The molecule has 11 rings (SSSR count). The van der Waals surface area contributed by atoms with Crippen molar-refractivity contribution in [3.8, 4) is 51.0 Å². The summed E-state index contributed by atoms with van der Waals surface area (Å²) < 4.78 is 35.8. The van der Waals surface area contributed by atoms with Gasteiger partial charge in [-0.2, -0.15) is 0 Å². The van der Waals surface area contributed by atoms with Crippen molar-refractivity contribution in [1.82, 2.24) is 0 Å². The monoisotopic (exact) mass is 1010 g/mol. The van der Waals surface area contributed by atoms with Crippen molar-refractivity contribution in [3.05, 3.63) is 209 Å². The third-order valence-electron chi connectivity index (χ3n) is 16.0. The Morgan fingerprint density at radius 2 is 0.803 bits per heavy atom. The van der Waals surface area contributed by atoms with E-state index in [9.17, 15) is 29.4 Å². The van der Waals surface area contributed by atoms with Gasteiger partial charge in [-0.1, -0.05) is 133 Å². The zero-order valence-corrected chi connectivity index (χ0v) is 42.1. The maximum absolute atomic E-state index is 14.9. The summed E-state index contributed by atoms with van der Waals surface area (Å²) in [6.45, 7) is 0.0618. The van der Waals surface area contributed by atoms with Gasteiger partial charge in [0.25, 0.3) is 0 Å². The van der Waals surface area contributed by atoms with Gasteiger partial charge in [-0.05, 0) is 103 Å². The van der Waals surface area contributed by atoms with Crippen LogP contribution in [0.4, 0.5) is 0 Å². The second-order valence-electron chi connectivity index (χ2n) is 19.5. The van der Waals surface area contributed by atoms with Crippen LogP contribution in [0.3, 0.4) is 0 Å². The van der Waals surface area contributed by atoms with Crippen molar-refractivity contribution in [2.45, 2.75) is 29.6 Å². The van der Waals surface area contributed by atoms with Gasteiger partial charge in [0.15, 0.2) is 0 Å². The first-order valence-electron chi connectivity index (χ1n) is 25.2. The van der Waals surface area contributed by atoms with Crippen molar-refractivity contribution >= 4 is 34.6 Å². The van der Waals surface area contributed by atoms with E-state index in [2.05, 4.69) is 24.3 Å². The van der Waals surface area contributed by atoms with E-state index in [4.69, 9.17) is 28.4 Å². The highest BCUT2D eigenvalue weighted by molar-refractivity contribution is 5.95. The Bertz CT molecular complexity index is 3460. The molecule has 2 fully saturated rings. The molecule has 382 valence electrons. The Kier molecular flexibility index (Phi) is 13.3. The third-order valence-corrected chi connectivity index (χ3v) is 16.0. The average molecular weight is 1020 g/mol. The number of hydrogen-bond acceptors (Lipinski definition) is 10. The minimum absolute atomic E-state index is 0.0618. The second-order valence-corrected chi connectivity index (χ2v) is 19.5. The zero-order chi connectivity index (χ0) is 52.8. The van der Waals surface area contributed by atoms with Gasteiger partial charge in [0.05, 0.1) is 52.1 Å². The van der Waals surface area contributed by atoms with Crippen LogP contribution in [0.5, 0.6) is 28.7 Å². The van der Waals surface area contributed by atoms with Crippen molar-refractivity contribution in [2.24, 2.45) is 23.7 Å². The molecule has 8 atom stereocenters. The minimum atomic E-state index is -1.08. The Morgan fingerprint density at radius 3 is 1.30 bits per heavy atom. The number of methoxy groups -OCH3 is 4. The largest absolute Gasteiger partial charge is 0.496 e.